The topological polar surface area (TPSA) is 107 Å². The molecule has 0 unspecified atom stereocenters. The van der Waals surface area contributed by atoms with Crippen LogP contribution < -0.4 is 14.8 Å². The van der Waals surface area contributed by atoms with Gasteiger partial charge in [-0.2, -0.15) is 5.10 Å². The third-order valence-electron chi connectivity index (χ3n) is 5.03. The summed E-state index contributed by atoms with van der Waals surface area (Å²) in [5.41, 5.74) is 2.58. The van der Waals surface area contributed by atoms with Crippen LogP contribution in [0, 0.1) is 0 Å². The van der Waals surface area contributed by atoms with Crippen LogP contribution in [0.2, 0.25) is 10.0 Å². The highest BCUT2D eigenvalue weighted by molar-refractivity contribution is 7.98. The minimum atomic E-state index is 0.0166. The van der Waals surface area contributed by atoms with E-state index in [2.05, 4.69) is 20.4 Å². The lowest BCUT2D eigenvalue weighted by Crippen LogP contribution is -2.05. The smallest absolute Gasteiger partial charge is 0.187 e. The van der Waals surface area contributed by atoms with Gasteiger partial charge in [-0.25, -0.2) is 15.0 Å². The summed E-state index contributed by atoms with van der Waals surface area (Å²) in [5, 5.41) is 18.7. The van der Waals surface area contributed by atoms with Gasteiger partial charge in [-0.15, -0.1) is 0 Å². The fourth-order valence-corrected chi connectivity index (χ4v) is 4.43. The summed E-state index contributed by atoms with van der Waals surface area (Å²) in [4.78, 5) is 13.9. The zero-order valence-electron chi connectivity index (χ0n) is 18.7. The number of hydrogen-bond donors (Lipinski definition) is 2. The van der Waals surface area contributed by atoms with Crippen molar-refractivity contribution in [2.24, 2.45) is 0 Å². The standard InChI is InChI=1S/C22H22Cl2N6O3S/c1-32-15-7-16(33-2)19(24)17(18(15)23)14-6-13-10-26-22(34-3)29-20(13)21(28-14)25-8-12-9-27-30(11-12)4-5-31/h6-7,9-11,31H,4-5,8H2,1-3H3,(H,25,28). The largest absolute Gasteiger partial charge is 0.495 e. The molecule has 1 aromatic carbocycles. The van der Waals surface area contributed by atoms with E-state index in [4.69, 9.17) is 42.8 Å². The van der Waals surface area contributed by atoms with Gasteiger partial charge in [-0.1, -0.05) is 35.0 Å². The minimum Gasteiger partial charge on any atom is -0.495 e. The molecule has 2 N–H and O–H groups in total. The molecule has 0 saturated carbocycles. The van der Waals surface area contributed by atoms with Gasteiger partial charge in [0.15, 0.2) is 11.0 Å². The number of anilines is 1. The predicted molar refractivity (Wildman–Crippen MR) is 134 cm³/mol. The van der Waals surface area contributed by atoms with Gasteiger partial charge in [-0.05, 0) is 12.3 Å². The molecule has 4 aromatic rings. The van der Waals surface area contributed by atoms with Crippen LogP contribution in [0.4, 0.5) is 5.82 Å². The van der Waals surface area contributed by atoms with Gasteiger partial charge in [0.05, 0.1) is 49.3 Å². The number of aromatic nitrogens is 5. The second-order valence-corrected chi connectivity index (χ2v) is 8.65. The first-order valence-electron chi connectivity index (χ1n) is 10.2. The lowest BCUT2D eigenvalue weighted by Gasteiger charge is -2.16. The third-order valence-corrected chi connectivity index (χ3v) is 6.34. The number of methoxy groups -OCH3 is 2. The molecule has 4 rings (SSSR count). The van der Waals surface area contributed by atoms with Crippen LogP contribution in [0.15, 0.2) is 35.9 Å². The number of aliphatic hydroxyl groups is 1. The van der Waals surface area contributed by atoms with E-state index in [9.17, 15) is 0 Å². The normalized spacial score (nSPS) is 11.1. The molecule has 0 saturated heterocycles. The van der Waals surface area contributed by atoms with Crippen molar-refractivity contribution in [3.05, 3.63) is 46.3 Å². The van der Waals surface area contributed by atoms with Gasteiger partial charge in [0.1, 0.15) is 17.0 Å². The SMILES string of the molecule is COc1cc(OC)c(Cl)c(-c2cc3cnc(SC)nc3c(NCc3cnn(CCO)c3)n2)c1Cl. The lowest BCUT2D eigenvalue weighted by molar-refractivity contribution is 0.269. The molecule has 0 aliphatic carbocycles. The minimum absolute atomic E-state index is 0.0166. The molecular weight excluding hydrogens is 499 g/mol. The number of aliphatic hydroxyl groups excluding tert-OH is 1. The van der Waals surface area contributed by atoms with Crippen LogP contribution in [0.1, 0.15) is 5.56 Å². The first-order valence-corrected chi connectivity index (χ1v) is 12.1. The Morgan fingerprint density at radius 3 is 2.47 bits per heavy atom. The molecule has 3 aromatic heterocycles. The molecule has 0 bridgehead atoms. The molecule has 0 aliphatic heterocycles. The Bertz CT molecular complexity index is 1310. The number of pyridine rings is 1. The first-order chi connectivity index (χ1) is 16.5. The molecule has 0 radical (unpaired) electrons. The second kappa shape index (κ2) is 10.6. The van der Waals surface area contributed by atoms with E-state index < -0.39 is 0 Å². The average molecular weight is 521 g/mol. The molecule has 12 heteroatoms. The van der Waals surface area contributed by atoms with Crippen LogP contribution in [0.3, 0.4) is 0 Å². The van der Waals surface area contributed by atoms with Gasteiger partial charge in [0, 0.05) is 41.5 Å². The number of rotatable bonds is 9. The third kappa shape index (κ3) is 4.85. The Morgan fingerprint density at radius 1 is 1.09 bits per heavy atom. The average Bonchev–Trinajstić information content (AvgIpc) is 3.30. The predicted octanol–water partition coefficient (Wildman–Crippen LogP) is 4.54. The number of hydrogen-bond acceptors (Lipinski definition) is 9. The summed E-state index contributed by atoms with van der Waals surface area (Å²) in [5.74, 6) is 1.37. The highest BCUT2D eigenvalue weighted by atomic mass is 35.5. The monoisotopic (exact) mass is 520 g/mol. The molecule has 34 heavy (non-hydrogen) atoms. The van der Waals surface area contributed by atoms with E-state index in [0.29, 0.717) is 62.4 Å². The Kier molecular flexibility index (Phi) is 7.62. The quantitative estimate of drug-likeness (QED) is 0.243. The lowest BCUT2D eigenvalue weighted by atomic mass is 10.1. The van der Waals surface area contributed by atoms with E-state index in [1.54, 1.807) is 23.1 Å². The maximum absolute atomic E-state index is 9.12. The van der Waals surface area contributed by atoms with Crippen molar-refractivity contribution in [3.8, 4) is 22.8 Å². The van der Waals surface area contributed by atoms with Crippen molar-refractivity contribution in [3.63, 3.8) is 0 Å². The van der Waals surface area contributed by atoms with Crippen LogP contribution in [0.25, 0.3) is 22.2 Å². The van der Waals surface area contributed by atoms with Gasteiger partial charge in [-0.3, -0.25) is 4.68 Å². The van der Waals surface area contributed by atoms with Crippen molar-refractivity contribution in [1.82, 2.24) is 24.7 Å². The number of thioether (sulfide) groups is 1. The summed E-state index contributed by atoms with van der Waals surface area (Å²) >= 11 is 14.7. The van der Waals surface area contributed by atoms with Gasteiger partial charge in [0.25, 0.3) is 0 Å². The van der Waals surface area contributed by atoms with E-state index in [0.717, 1.165) is 10.9 Å². The summed E-state index contributed by atoms with van der Waals surface area (Å²) in [7, 11) is 3.04. The Balaban J connectivity index is 1.83. The Hall–Kier alpha value is -2.79. The molecule has 3 heterocycles. The van der Waals surface area contributed by atoms with Crippen molar-refractivity contribution >= 4 is 51.7 Å². The zero-order chi connectivity index (χ0) is 24.2. The molecule has 0 amide bonds. The van der Waals surface area contributed by atoms with Crippen LogP contribution in [0.5, 0.6) is 11.5 Å². The summed E-state index contributed by atoms with van der Waals surface area (Å²) in [6.45, 7) is 0.886. The van der Waals surface area contributed by atoms with Gasteiger partial charge in [0.2, 0.25) is 0 Å². The van der Waals surface area contributed by atoms with Crippen molar-refractivity contribution in [1.29, 1.82) is 0 Å². The van der Waals surface area contributed by atoms with E-state index >= 15 is 0 Å². The van der Waals surface area contributed by atoms with Crippen molar-refractivity contribution < 1.29 is 14.6 Å². The fourth-order valence-electron chi connectivity index (χ4n) is 3.39. The molecule has 0 atom stereocenters. The number of fused-ring (bicyclic) bond motifs is 1. The van der Waals surface area contributed by atoms with Crippen molar-refractivity contribution in [2.75, 3.05) is 32.4 Å². The number of nitrogens with zero attached hydrogens (tertiary/aromatic N) is 5. The highest BCUT2D eigenvalue weighted by Crippen LogP contribution is 2.46. The summed E-state index contributed by atoms with van der Waals surface area (Å²) < 4.78 is 12.5. The molecule has 0 fully saturated rings. The highest BCUT2D eigenvalue weighted by Gasteiger charge is 2.21. The molecule has 9 nitrogen and oxygen atoms in total. The fraction of sp³-hybridized carbons (Fsp3) is 0.273. The van der Waals surface area contributed by atoms with Crippen molar-refractivity contribution in [2.45, 2.75) is 18.2 Å². The first kappa shape index (κ1) is 24.3. The number of ether oxygens (including phenoxy) is 2. The van der Waals surface area contributed by atoms with Gasteiger partial charge >= 0.3 is 0 Å². The van der Waals surface area contributed by atoms with E-state index in [1.165, 1.54) is 26.0 Å². The number of nitrogens with one attached hydrogen (secondary N) is 1. The summed E-state index contributed by atoms with van der Waals surface area (Å²) in [6, 6.07) is 3.46. The molecule has 0 aliphatic rings. The molecule has 178 valence electrons. The van der Waals surface area contributed by atoms with Crippen LogP contribution >= 0.6 is 35.0 Å². The Morgan fingerprint density at radius 2 is 1.82 bits per heavy atom. The van der Waals surface area contributed by atoms with E-state index in [-0.39, 0.29) is 6.61 Å². The number of benzene rings is 1. The zero-order valence-corrected chi connectivity index (χ0v) is 21.0. The Labute approximate surface area is 210 Å². The van der Waals surface area contributed by atoms with Crippen LogP contribution in [-0.2, 0) is 13.1 Å². The van der Waals surface area contributed by atoms with Gasteiger partial charge < -0.3 is 19.9 Å². The van der Waals surface area contributed by atoms with E-state index in [1.807, 2.05) is 18.5 Å². The van der Waals surface area contributed by atoms with Crippen LogP contribution in [-0.4, -0.2) is 56.9 Å². The maximum atomic E-state index is 9.12. The molecule has 0 spiro atoms. The maximum Gasteiger partial charge on any atom is 0.187 e. The second-order valence-electron chi connectivity index (χ2n) is 7.12. The summed E-state index contributed by atoms with van der Waals surface area (Å²) in [6.07, 6.45) is 7.24. The molecular formula is C22H22Cl2N6O3S. The number of halogens is 2.